The Morgan fingerprint density at radius 3 is 2.36 bits per heavy atom. The van der Waals surface area contributed by atoms with Crippen LogP contribution in [0.3, 0.4) is 0 Å². The van der Waals surface area contributed by atoms with Crippen LogP contribution in [-0.2, 0) is 0 Å². The Balaban J connectivity index is 3.00. The van der Waals surface area contributed by atoms with Gasteiger partial charge in [-0.3, -0.25) is 0 Å². The van der Waals surface area contributed by atoms with Crippen molar-refractivity contribution in [1.29, 1.82) is 0 Å². The van der Waals surface area contributed by atoms with E-state index in [1.54, 1.807) is 0 Å². The molecule has 1 rings (SSSR count). The number of hydrogen-bond acceptors (Lipinski definition) is 2. The summed E-state index contributed by atoms with van der Waals surface area (Å²) in [5, 5.41) is 0. The Hall–Kier alpha value is -1.07. The molecular weight excluding hydrogens is 193 g/mol. The van der Waals surface area contributed by atoms with Crippen LogP contribution in [0.5, 0.6) is 0 Å². The topological polar surface area (TPSA) is 52.0 Å². The Bertz CT molecular complexity index is 315. The number of hydrogen-bond donors (Lipinski definition) is 2. The quantitative estimate of drug-likeness (QED) is 0.787. The van der Waals surface area contributed by atoms with Crippen LogP contribution < -0.4 is 11.5 Å². The van der Waals surface area contributed by atoms with Crippen molar-refractivity contribution in [3.05, 3.63) is 35.1 Å². The molecule has 14 heavy (non-hydrogen) atoms. The fourth-order valence-corrected chi connectivity index (χ4v) is 1.09. The van der Waals surface area contributed by atoms with Gasteiger partial charge < -0.3 is 11.5 Å². The predicted octanol–water partition coefficient (Wildman–Crippen LogP) is 1.72. The normalized spacial score (nSPS) is 13.3. The van der Waals surface area contributed by atoms with Crippen molar-refractivity contribution in [2.75, 3.05) is 6.54 Å². The first-order valence-corrected chi connectivity index (χ1v) is 4.09. The van der Waals surface area contributed by atoms with E-state index in [2.05, 4.69) is 0 Å². The number of nitrogens with two attached hydrogens (primary N) is 2. The molecule has 0 bridgehead atoms. The largest absolute Gasteiger partial charge is 0.329 e. The highest BCUT2D eigenvalue weighted by atomic mass is 19.3. The van der Waals surface area contributed by atoms with Gasteiger partial charge in [0.15, 0.2) is 0 Å². The SMILES string of the molecule is NC[C@@H](N)c1ccc(C(F)F)c(F)c1. The van der Waals surface area contributed by atoms with Gasteiger partial charge >= 0.3 is 0 Å². The lowest BCUT2D eigenvalue weighted by Crippen LogP contribution is -2.20. The van der Waals surface area contributed by atoms with E-state index in [1.165, 1.54) is 6.07 Å². The molecule has 0 aliphatic rings. The summed E-state index contributed by atoms with van der Waals surface area (Å²) in [5.41, 5.74) is 10.6. The summed E-state index contributed by atoms with van der Waals surface area (Å²) in [6.45, 7) is 0.146. The summed E-state index contributed by atoms with van der Waals surface area (Å²) in [4.78, 5) is 0. The van der Waals surface area contributed by atoms with Crippen LogP contribution in [0, 0.1) is 5.82 Å². The second-order valence-corrected chi connectivity index (χ2v) is 2.92. The van der Waals surface area contributed by atoms with Crippen molar-refractivity contribution < 1.29 is 13.2 Å². The number of halogens is 3. The Morgan fingerprint density at radius 1 is 1.29 bits per heavy atom. The second-order valence-electron chi connectivity index (χ2n) is 2.92. The van der Waals surface area contributed by atoms with Gasteiger partial charge in [-0.05, 0) is 11.6 Å². The van der Waals surface area contributed by atoms with E-state index in [4.69, 9.17) is 11.5 Å². The van der Waals surface area contributed by atoms with Crippen molar-refractivity contribution >= 4 is 0 Å². The molecule has 0 radical (unpaired) electrons. The molecule has 1 aromatic rings. The van der Waals surface area contributed by atoms with Crippen LogP contribution in [0.2, 0.25) is 0 Å². The first-order valence-electron chi connectivity index (χ1n) is 4.09. The van der Waals surface area contributed by atoms with Gasteiger partial charge in [-0.25, -0.2) is 13.2 Å². The van der Waals surface area contributed by atoms with Crippen LogP contribution in [0.1, 0.15) is 23.6 Å². The van der Waals surface area contributed by atoms with E-state index < -0.39 is 23.8 Å². The molecule has 78 valence electrons. The Labute approximate surface area is 79.7 Å². The van der Waals surface area contributed by atoms with E-state index >= 15 is 0 Å². The van der Waals surface area contributed by atoms with Crippen LogP contribution in [0.15, 0.2) is 18.2 Å². The van der Waals surface area contributed by atoms with Crippen molar-refractivity contribution in [2.45, 2.75) is 12.5 Å². The minimum absolute atomic E-state index is 0.146. The summed E-state index contributed by atoms with van der Waals surface area (Å²) in [6, 6.07) is 2.88. The molecule has 0 saturated carbocycles. The van der Waals surface area contributed by atoms with Crippen LogP contribution >= 0.6 is 0 Å². The summed E-state index contributed by atoms with van der Waals surface area (Å²) in [5.74, 6) is -0.943. The smallest absolute Gasteiger partial charge is 0.266 e. The fraction of sp³-hybridized carbons (Fsp3) is 0.333. The zero-order chi connectivity index (χ0) is 10.7. The Kier molecular flexibility index (Phi) is 3.49. The standard InChI is InChI=1S/C9H11F3N2/c10-7-3-5(8(14)4-13)1-2-6(7)9(11)12/h1-3,8-9H,4,13-14H2/t8-/m1/s1. The van der Waals surface area contributed by atoms with E-state index in [1.807, 2.05) is 0 Å². The molecule has 0 aromatic heterocycles. The van der Waals surface area contributed by atoms with Gasteiger partial charge in [0.05, 0.1) is 5.56 Å². The molecule has 2 nitrogen and oxygen atoms in total. The van der Waals surface area contributed by atoms with Crippen molar-refractivity contribution in [1.82, 2.24) is 0 Å². The van der Waals surface area contributed by atoms with Gasteiger partial charge in [0.2, 0.25) is 0 Å². The van der Waals surface area contributed by atoms with Gasteiger partial charge in [0.25, 0.3) is 6.43 Å². The maximum absolute atomic E-state index is 13.0. The average molecular weight is 204 g/mol. The Morgan fingerprint density at radius 2 is 1.93 bits per heavy atom. The minimum Gasteiger partial charge on any atom is -0.329 e. The average Bonchev–Trinajstić information content (AvgIpc) is 2.15. The highest BCUT2D eigenvalue weighted by molar-refractivity contribution is 5.27. The number of benzene rings is 1. The van der Waals surface area contributed by atoms with Crippen molar-refractivity contribution in [3.8, 4) is 0 Å². The van der Waals surface area contributed by atoms with Crippen LogP contribution in [-0.4, -0.2) is 6.54 Å². The van der Waals surface area contributed by atoms with Gasteiger partial charge in [0, 0.05) is 12.6 Å². The zero-order valence-corrected chi connectivity index (χ0v) is 7.38. The van der Waals surface area contributed by atoms with Crippen molar-refractivity contribution in [2.24, 2.45) is 11.5 Å². The van der Waals surface area contributed by atoms with Crippen molar-refractivity contribution in [3.63, 3.8) is 0 Å². The predicted molar refractivity (Wildman–Crippen MR) is 47.3 cm³/mol. The zero-order valence-electron chi connectivity index (χ0n) is 7.38. The van der Waals surface area contributed by atoms with Gasteiger partial charge in [-0.15, -0.1) is 0 Å². The van der Waals surface area contributed by atoms with Gasteiger partial charge in [-0.2, -0.15) is 0 Å². The number of rotatable bonds is 3. The van der Waals surface area contributed by atoms with E-state index in [0.717, 1.165) is 12.1 Å². The maximum Gasteiger partial charge on any atom is 0.266 e. The first kappa shape index (κ1) is 11.0. The molecular formula is C9H11F3N2. The van der Waals surface area contributed by atoms with Crippen LogP contribution in [0.4, 0.5) is 13.2 Å². The van der Waals surface area contributed by atoms with E-state index in [9.17, 15) is 13.2 Å². The van der Waals surface area contributed by atoms with E-state index in [-0.39, 0.29) is 6.54 Å². The van der Waals surface area contributed by atoms with Gasteiger partial charge in [0.1, 0.15) is 5.82 Å². The molecule has 1 atom stereocenters. The first-order chi connectivity index (χ1) is 6.56. The summed E-state index contributed by atoms with van der Waals surface area (Å²) in [7, 11) is 0. The molecule has 0 aliphatic heterocycles. The second kappa shape index (κ2) is 4.43. The maximum atomic E-state index is 13.0. The summed E-state index contributed by atoms with van der Waals surface area (Å²) in [6.07, 6.45) is -2.81. The van der Waals surface area contributed by atoms with E-state index in [0.29, 0.717) is 5.56 Å². The number of alkyl halides is 2. The molecule has 0 saturated heterocycles. The lowest BCUT2D eigenvalue weighted by Gasteiger charge is -2.10. The molecule has 0 amide bonds. The molecule has 0 fully saturated rings. The molecule has 0 heterocycles. The summed E-state index contributed by atoms with van der Waals surface area (Å²) >= 11 is 0. The molecule has 0 aliphatic carbocycles. The molecule has 5 heteroatoms. The lowest BCUT2D eigenvalue weighted by molar-refractivity contribution is 0.146. The molecule has 0 spiro atoms. The third-order valence-corrected chi connectivity index (χ3v) is 1.94. The fourth-order valence-electron chi connectivity index (χ4n) is 1.09. The van der Waals surface area contributed by atoms with Gasteiger partial charge in [-0.1, -0.05) is 12.1 Å². The monoisotopic (exact) mass is 204 g/mol. The molecule has 4 N–H and O–H groups in total. The highest BCUT2D eigenvalue weighted by Gasteiger charge is 2.14. The summed E-state index contributed by atoms with van der Waals surface area (Å²) < 4.78 is 37.3. The lowest BCUT2D eigenvalue weighted by atomic mass is 10.1. The third-order valence-electron chi connectivity index (χ3n) is 1.94. The highest BCUT2D eigenvalue weighted by Crippen LogP contribution is 2.23. The van der Waals surface area contributed by atoms with Crippen LogP contribution in [0.25, 0.3) is 0 Å². The molecule has 0 unspecified atom stereocenters. The minimum atomic E-state index is -2.81. The molecule has 1 aromatic carbocycles. The third kappa shape index (κ3) is 2.24.